The summed E-state index contributed by atoms with van der Waals surface area (Å²) in [5.74, 6) is 0.987. The van der Waals surface area contributed by atoms with Crippen molar-refractivity contribution in [2.24, 2.45) is 11.3 Å². The summed E-state index contributed by atoms with van der Waals surface area (Å²) in [6.45, 7) is 6.69. The van der Waals surface area contributed by atoms with Crippen molar-refractivity contribution < 1.29 is 9.53 Å². The van der Waals surface area contributed by atoms with Gasteiger partial charge in [0.15, 0.2) is 0 Å². The molecule has 4 fully saturated rings. The molecule has 1 aliphatic heterocycles. The molecule has 0 aromatic rings. The Kier molecular flexibility index (Phi) is 1.91. The molecule has 16 heavy (non-hydrogen) atoms. The van der Waals surface area contributed by atoms with E-state index in [1.54, 1.807) is 0 Å². The predicted molar refractivity (Wildman–Crippen MR) is 61.1 cm³/mol. The van der Waals surface area contributed by atoms with Crippen LogP contribution in [0.1, 0.15) is 46.5 Å². The van der Waals surface area contributed by atoms with Crippen molar-refractivity contribution in [2.45, 2.75) is 58.1 Å². The normalized spacial score (nSPS) is 40.6. The molecule has 1 saturated heterocycles. The molecule has 0 spiro atoms. The lowest BCUT2D eigenvalue weighted by Gasteiger charge is -2.69. The first-order chi connectivity index (χ1) is 7.40. The molecule has 1 amide bonds. The standard InChI is InChI=1S/C13H21NO2/c1-12(2,3)16-11(15)14-5-4-10(14)13-6-9(7-13)8-13/h9-10H,4-8H2,1-3H3. The van der Waals surface area contributed by atoms with E-state index >= 15 is 0 Å². The average Bonchev–Trinajstić information content (AvgIpc) is 1.86. The molecule has 4 aliphatic rings. The van der Waals surface area contributed by atoms with Gasteiger partial charge in [-0.05, 0) is 57.8 Å². The number of carbonyl (C=O) groups excluding carboxylic acids is 1. The number of likely N-dealkylation sites (tertiary alicyclic amines) is 1. The van der Waals surface area contributed by atoms with Gasteiger partial charge in [-0.15, -0.1) is 0 Å². The highest BCUT2D eigenvalue weighted by molar-refractivity contribution is 5.70. The van der Waals surface area contributed by atoms with Crippen LogP contribution in [0.15, 0.2) is 0 Å². The van der Waals surface area contributed by atoms with Crippen molar-refractivity contribution in [3.8, 4) is 0 Å². The van der Waals surface area contributed by atoms with Gasteiger partial charge in [0.2, 0.25) is 0 Å². The van der Waals surface area contributed by atoms with Crippen LogP contribution in [0.5, 0.6) is 0 Å². The number of nitrogens with zero attached hydrogens (tertiary/aromatic N) is 1. The van der Waals surface area contributed by atoms with E-state index in [-0.39, 0.29) is 11.7 Å². The van der Waals surface area contributed by atoms with Gasteiger partial charge in [-0.25, -0.2) is 4.79 Å². The van der Waals surface area contributed by atoms with Gasteiger partial charge in [0, 0.05) is 12.6 Å². The highest BCUT2D eigenvalue weighted by atomic mass is 16.6. The van der Waals surface area contributed by atoms with Crippen LogP contribution < -0.4 is 0 Å². The molecule has 0 aromatic carbocycles. The summed E-state index contributed by atoms with van der Waals surface area (Å²) in [4.78, 5) is 13.9. The Bertz CT molecular complexity index is 314. The third kappa shape index (κ3) is 1.36. The van der Waals surface area contributed by atoms with Gasteiger partial charge in [-0.1, -0.05) is 0 Å². The fraction of sp³-hybridized carbons (Fsp3) is 0.923. The van der Waals surface area contributed by atoms with Crippen molar-refractivity contribution in [3.05, 3.63) is 0 Å². The van der Waals surface area contributed by atoms with E-state index in [0.29, 0.717) is 11.5 Å². The van der Waals surface area contributed by atoms with Gasteiger partial charge in [0.1, 0.15) is 5.60 Å². The zero-order chi connectivity index (χ0) is 11.6. The lowest BCUT2D eigenvalue weighted by Crippen LogP contribution is -2.69. The molecule has 0 aromatic heterocycles. The van der Waals surface area contributed by atoms with Crippen LogP contribution >= 0.6 is 0 Å². The number of ether oxygens (including phenoxy) is 1. The third-order valence-electron chi connectivity index (χ3n) is 4.44. The van der Waals surface area contributed by atoms with Crippen LogP contribution in [0.2, 0.25) is 0 Å². The highest BCUT2D eigenvalue weighted by Crippen LogP contribution is 2.68. The van der Waals surface area contributed by atoms with E-state index < -0.39 is 0 Å². The summed E-state index contributed by atoms with van der Waals surface area (Å²) in [5, 5.41) is 0. The maximum atomic E-state index is 12.0. The van der Waals surface area contributed by atoms with Gasteiger partial charge in [0.05, 0.1) is 0 Å². The fourth-order valence-corrected chi connectivity index (χ4v) is 3.52. The van der Waals surface area contributed by atoms with E-state index in [9.17, 15) is 4.79 Å². The minimum atomic E-state index is -0.364. The molecule has 0 N–H and O–H groups in total. The number of hydrogen-bond donors (Lipinski definition) is 0. The summed E-state index contributed by atoms with van der Waals surface area (Å²) >= 11 is 0. The second-order valence-corrected chi connectivity index (χ2v) is 6.82. The SMILES string of the molecule is CC(C)(C)OC(=O)N1CCC1C12CC(C1)C2. The predicted octanol–water partition coefficient (Wildman–Crippen LogP) is 2.80. The van der Waals surface area contributed by atoms with E-state index in [1.165, 1.54) is 25.7 Å². The molecule has 2 bridgehead atoms. The Labute approximate surface area is 97.1 Å². The van der Waals surface area contributed by atoms with Crippen LogP contribution in [-0.4, -0.2) is 29.2 Å². The van der Waals surface area contributed by atoms with E-state index in [2.05, 4.69) is 0 Å². The summed E-state index contributed by atoms with van der Waals surface area (Å²) in [6.07, 6.45) is 5.16. The summed E-state index contributed by atoms with van der Waals surface area (Å²) < 4.78 is 5.44. The second kappa shape index (κ2) is 2.93. The maximum Gasteiger partial charge on any atom is 0.410 e. The Morgan fingerprint density at radius 1 is 1.31 bits per heavy atom. The monoisotopic (exact) mass is 223 g/mol. The minimum absolute atomic E-state index is 0.103. The molecule has 1 heterocycles. The van der Waals surface area contributed by atoms with Crippen LogP contribution in [0.25, 0.3) is 0 Å². The molecular formula is C13H21NO2. The third-order valence-corrected chi connectivity index (χ3v) is 4.44. The molecule has 3 nitrogen and oxygen atoms in total. The number of carbonyl (C=O) groups is 1. The van der Waals surface area contributed by atoms with Crippen LogP contribution in [0.4, 0.5) is 4.79 Å². The first-order valence-electron chi connectivity index (χ1n) is 6.39. The molecule has 3 aliphatic carbocycles. The van der Waals surface area contributed by atoms with Crippen LogP contribution in [0, 0.1) is 11.3 Å². The Morgan fingerprint density at radius 2 is 1.94 bits per heavy atom. The smallest absolute Gasteiger partial charge is 0.410 e. The van der Waals surface area contributed by atoms with Gasteiger partial charge < -0.3 is 9.64 Å². The largest absolute Gasteiger partial charge is 0.444 e. The Hall–Kier alpha value is -0.730. The quantitative estimate of drug-likeness (QED) is 0.684. The molecule has 1 atom stereocenters. The van der Waals surface area contributed by atoms with Gasteiger partial charge in [-0.2, -0.15) is 0 Å². The fourth-order valence-electron chi connectivity index (χ4n) is 3.52. The van der Waals surface area contributed by atoms with E-state index in [1.807, 2.05) is 25.7 Å². The molecule has 0 radical (unpaired) electrons. The van der Waals surface area contributed by atoms with Crippen molar-refractivity contribution >= 4 is 6.09 Å². The molecular weight excluding hydrogens is 202 g/mol. The summed E-state index contributed by atoms with van der Waals surface area (Å²) in [5.41, 5.74) is 0.149. The molecule has 3 heteroatoms. The lowest BCUT2D eigenvalue weighted by atomic mass is 9.40. The molecule has 1 unspecified atom stereocenters. The Morgan fingerprint density at radius 3 is 2.25 bits per heavy atom. The van der Waals surface area contributed by atoms with Crippen molar-refractivity contribution in [1.82, 2.24) is 4.90 Å². The van der Waals surface area contributed by atoms with Crippen molar-refractivity contribution in [3.63, 3.8) is 0 Å². The van der Waals surface area contributed by atoms with E-state index in [4.69, 9.17) is 4.74 Å². The zero-order valence-electron chi connectivity index (χ0n) is 10.5. The van der Waals surface area contributed by atoms with Crippen molar-refractivity contribution in [2.75, 3.05) is 6.54 Å². The first kappa shape index (κ1) is 10.4. The van der Waals surface area contributed by atoms with Crippen molar-refractivity contribution in [1.29, 1.82) is 0 Å². The van der Waals surface area contributed by atoms with Crippen LogP contribution in [0.3, 0.4) is 0 Å². The summed E-state index contributed by atoms with van der Waals surface area (Å²) in [6, 6.07) is 0.493. The number of hydrogen-bond acceptors (Lipinski definition) is 2. The maximum absolute atomic E-state index is 12.0. The molecule has 4 rings (SSSR count). The Balaban J connectivity index is 1.61. The highest BCUT2D eigenvalue weighted by Gasteiger charge is 2.64. The van der Waals surface area contributed by atoms with Gasteiger partial charge in [-0.3, -0.25) is 0 Å². The average molecular weight is 223 g/mol. The van der Waals surface area contributed by atoms with Crippen LogP contribution in [-0.2, 0) is 4.74 Å². The first-order valence-corrected chi connectivity index (χ1v) is 6.39. The lowest BCUT2D eigenvalue weighted by molar-refractivity contribution is -0.185. The second-order valence-electron chi connectivity index (χ2n) is 6.82. The van der Waals surface area contributed by atoms with Gasteiger partial charge >= 0.3 is 6.09 Å². The summed E-state index contributed by atoms with van der Waals surface area (Å²) in [7, 11) is 0. The number of rotatable bonds is 1. The topological polar surface area (TPSA) is 29.5 Å². The number of amides is 1. The molecule has 3 saturated carbocycles. The zero-order valence-corrected chi connectivity index (χ0v) is 10.5. The van der Waals surface area contributed by atoms with E-state index in [0.717, 1.165) is 12.5 Å². The minimum Gasteiger partial charge on any atom is -0.444 e. The van der Waals surface area contributed by atoms with Gasteiger partial charge in [0.25, 0.3) is 0 Å². The molecule has 90 valence electrons.